The van der Waals surface area contributed by atoms with E-state index in [1.807, 2.05) is 44.2 Å². The summed E-state index contributed by atoms with van der Waals surface area (Å²) in [6, 6.07) is 15.9. The molecule has 1 aromatic heterocycles. The SMILES string of the molecule is CCC(C)OC(=O)CC(c1ccccc1)c1c(O)c2ccccc2oc1=O. The fraction of sp³-hybridized carbons (Fsp3) is 0.273. The summed E-state index contributed by atoms with van der Waals surface area (Å²) in [5.41, 5.74) is 0.451. The van der Waals surface area contributed by atoms with Gasteiger partial charge in [-0.2, -0.15) is 0 Å². The summed E-state index contributed by atoms with van der Waals surface area (Å²) in [6.07, 6.45) is 0.423. The van der Waals surface area contributed by atoms with E-state index in [2.05, 4.69) is 0 Å². The summed E-state index contributed by atoms with van der Waals surface area (Å²) in [5, 5.41) is 11.2. The first kappa shape index (κ1) is 18.7. The summed E-state index contributed by atoms with van der Waals surface area (Å²) in [5.74, 6) is -1.25. The van der Waals surface area contributed by atoms with Crippen molar-refractivity contribution in [2.24, 2.45) is 0 Å². The molecule has 1 heterocycles. The highest BCUT2D eigenvalue weighted by molar-refractivity contribution is 5.84. The Morgan fingerprint density at radius 1 is 1.11 bits per heavy atom. The highest BCUT2D eigenvalue weighted by atomic mass is 16.5. The van der Waals surface area contributed by atoms with Gasteiger partial charge in [0, 0.05) is 5.92 Å². The largest absolute Gasteiger partial charge is 0.507 e. The first-order valence-electron chi connectivity index (χ1n) is 9.00. The van der Waals surface area contributed by atoms with Gasteiger partial charge in [0.05, 0.1) is 23.5 Å². The van der Waals surface area contributed by atoms with E-state index in [9.17, 15) is 14.7 Å². The predicted molar refractivity (Wildman–Crippen MR) is 103 cm³/mol. The molecular weight excluding hydrogens is 344 g/mol. The Kier molecular flexibility index (Phi) is 5.60. The number of rotatable bonds is 6. The molecule has 2 aromatic carbocycles. The number of benzene rings is 2. The summed E-state index contributed by atoms with van der Waals surface area (Å²) < 4.78 is 10.8. The molecule has 0 spiro atoms. The maximum absolute atomic E-state index is 12.6. The Bertz CT molecular complexity index is 991. The topological polar surface area (TPSA) is 76.7 Å². The van der Waals surface area contributed by atoms with E-state index in [0.717, 1.165) is 5.56 Å². The van der Waals surface area contributed by atoms with E-state index in [4.69, 9.17) is 9.15 Å². The van der Waals surface area contributed by atoms with E-state index < -0.39 is 17.5 Å². The fourth-order valence-corrected chi connectivity index (χ4v) is 3.05. The lowest BCUT2D eigenvalue weighted by molar-refractivity contribution is -0.148. The van der Waals surface area contributed by atoms with Crippen molar-refractivity contribution in [3.63, 3.8) is 0 Å². The minimum atomic E-state index is -0.663. The van der Waals surface area contributed by atoms with E-state index >= 15 is 0 Å². The number of aromatic hydroxyl groups is 1. The molecule has 3 rings (SSSR count). The van der Waals surface area contributed by atoms with Crippen molar-refractivity contribution in [2.75, 3.05) is 0 Å². The Labute approximate surface area is 157 Å². The molecule has 0 fully saturated rings. The van der Waals surface area contributed by atoms with Crippen LogP contribution in [0.1, 0.15) is 43.7 Å². The molecule has 0 saturated heterocycles. The molecule has 2 unspecified atom stereocenters. The number of carbonyl (C=O) groups excluding carboxylic acids is 1. The maximum atomic E-state index is 12.6. The van der Waals surface area contributed by atoms with Crippen LogP contribution < -0.4 is 5.63 Å². The number of para-hydroxylation sites is 1. The number of esters is 1. The van der Waals surface area contributed by atoms with Gasteiger partial charge in [-0.05, 0) is 31.0 Å². The van der Waals surface area contributed by atoms with Crippen LogP contribution in [0.4, 0.5) is 0 Å². The molecule has 1 N–H and O–H groups in total. The minimum absolute atomic E-state index is 0.0645. The van der Waals surface area contributed by atoms with E-state index in [0.29, 0.717) is 17.4 Å². The van der Waals surface area contributed by atoms with Gasteiger partial charge >= 0.3 is 11.6 Å². The molecule has 27 heavy (non-hydrogen) atoms. The lowest BCUT2D eigenvalue weighted by atomic mass is 9.88. The van der Waals surface area contributed by atoms with Gasteiger partial charge in [0.2, 0.25) is 0 Å². The van der Waals surface area contributed by atoms with Crippen molar-refractivity contribution in [3.8, 4) is 5.75 Å². The van der Waals surface area contributed by atoms with Crippen LogP contribution in [0.25, 0.3) is 11.0 Å². The van der Waals surface area contributed by atoms with Crippen molar-refractivity contribution in [1.29, 1.82) is 0 Å². The summed E-state index contributed by atoms with van der Waals surface area (Å²) in [4.78, 5) is 25.1. The number of fused-ring (bicyclic) bond motifs is 1. The van der Waals surface area contributed by atoms with Crippen LogP contribution in [0.15, 0.2) is 63.8 Å². The number of hydrogen-bond acceptors (Lipinski definition) is 5. The van der Waals surface area contributed by atoms with E-state index in [1.165, 1.54) is 0 Å². The lowest BCUT2D eigenvalue weighted by Gasteiger charge is -2.19. The molecule has 0 radical (unpaired) electrons. The second-order valence-electron chi connectivity index (χ2n) is 6.52. The van der Waals surface area contributed by atoms with Crippen LogP contribution in [0.2, 0.25) is 0 Å². The molecule has 0 aliphatic carbocycles. The van der Waals surface area contributed by atoms with Crippen molar-refractivity contribution in [1.82, 2.24) is 0 Å². The number of hydrogen-bond donors (Lipinski definition) is 1. The highest BCUT2D eigenvalue weighted by Gasteiger charge is 2.27. The van der Waals surface area contributed by atoms with Gasteiger partial charge in [0.15, 0.2) is 0 Å². The van der Waals surface area contributed by atoms with Crippen LogP contribution in [0, 0.1) is 0 Å². The average molecular weight is 366 g/mol. The van der Waals surface area contributed by atoms with E-state index in [1.54, 1.807) is 24.3 Å². The van der Waals surface area contributed by atoms with Gasteiger partial charge in [-0.25, -0.2) is 4.79 Å². The van der Waals surface area contributed by atoms with Crippen molar-refractivity contribution in [2.45, 2.75) is 38.7 Å². The average Bonchev–Trinajstić information content (AvgIpc) is 2.67. The molecule has 0 bridgehead atoms. The van der Waals surface area contributed by atoms with Crippen molar-refractivity contribution < 1.29 is 19.1 Å². The third-order valence-electron chi connectivity index (χ3n) is 4.65. The van der Waals surface area contributed by atoms with Gasteiger partial charge in [-0.15, -0.1) is 0 Å². The second kappa shape index (κ2) is 8.08. The second-order valence-corrected chi connectivity index (χ2v) is 6.52. The summed E-state index contributed by atoms with van der Waals surface area (Å²) in [6.45, 7) is 3.74. The fourth-order valence-electron chi connectivity index (χ4n) is 3.05. The Balaban J connectivity index is 2.10. The quantitative estimate of drug-likeness (QED) is 0.518. The van der Waals surface area contributed by atoms with Crippen LogP contribution in [-0.4, -0.2) is 17.2 Å². The Morgan fingerprint density at radius 2 is 1.78 bits per heavy atom. The zero-order valence-corrected chi connectivity index (χ0v) is 15.3. The summed E-state index contributed by atoms with van der Waals surface area (Å²) >= 11 is 0. The van der Waals surface area contributed by atoms with Crippen LogP contribution in [0.3, 0.4) is 0 Å². The third-order valence-corrected chi connectivity index (χ3v) is 4.65. The van der Waals surface area contributed by atoms with Crippen LogP contribution >= 0.6 is 0 Å². The standard InChI is InChI=1S/C22H22O5/c1-3-14(2)26-19(23)13-17(15-9-5-4-6-10-15)20-21(24)16-11-7-8-12-18(16)27-22(20)25/h4-12,14,17,24H,3,13H2,1-2H3. The molecule has 5 heteroatoms. The Morgan fingerprint density at radius 3 is 2.48 bits per heavy atom. The highest BCUT2D eigenvalue weighted by Crippen LogP contribution is 2.36. The van der Waals surface area contributed by atoms with Crippen molar-refractivity contribution >= 4 is 16.9 Å². The third kappa shape index (κ3) is 4.03. The van der Waals surface area contributed by atoms with Crippen LogP contribution in [-0.2, 0) is 9.53 Å². The normalized spacial score (nSPS) is 13.3. The predicted octanol–water partition coefficient (Wildman–Crippen LogP) is 4.36. The van der Waals surface area contributed by atoms with Crippen LogP contribution in [0.5, 0.6) is 5.75 Å². The summed E-state index contributed by atoms with van der Waals surface area (Å²) in [7, 11) is 0. The monoisotopic (exact) mass is 366 g/mol. The van der Waals surface area contributed by atoms with Gasteiger partial charge in [-0.1, -0.05) is 49.4 Å². The molecule has 2 atom stereocenters. The van der Waals surface area contributed by atoms with Gasteiger partial charge < -0.3 is 14.3 Å². The number of carbonyl (C=O) groups is 1. The van der Waals surface area contributed by atoms with Crippen molar-refractivity contribution in [3.05, 3.63) is 76.1 Å². The molecule has 0 aliphatic rings. The molecule has 0 amide bonds. The van der Waals surface area contributed by atoms with Gasteiger partial charge in [-0.3, -0.25) is 4.79 Å². The molecule has 0 aliphatic heterocycles. The molecular formula is C22H22O5. The van der Waals surface area contributed by atoms with E-state index in [-0.39, 0.29) is 23.8 Å². The minimum Gasteiger partial charge on any atom is -0.507 e. The molecule has 3 aromatic rings. The molecule has 140 valence electrons. The number of ether oxygens (including phenoxy) is 1. The zero-order chi connectivity index (χ0) is 19.4. The molecule has 0 saturated carbocycles. The van der Waals surface area contributed by atoms with Gasteiger partial charge in [0.1, 0.15) is 11.3 Å². The smallest absolute Gasteiger partial charge is 0.343 e. The maximum Gasteiger partial charge on any atom is 0.343 e. The Hall–Kier alpha value is -3.08. The molecule has 5 nitrogen and oxygen atoms in total. The lowest BCUT2D eigenvalue weighted by Crippen LogP contribution is -2.21. The van der Waals surface area contributed by atoms with Gasteiger partial charge in [0.25, 0.3) is 0 Å². The first-order valence-corrected chi connectivity index (χ1v) is 9.00. The zero-order valence-electron chi connectivity index (χ0n) is 15.3. The first-order chi connectivity index (χ1) is 13.0.